The lowest BCUT2D eigenvalue weighted by atomic mass is 10.3. The molecule has 1 aromatic rings. The van der Waals surface area contributed by atoms with Gasteiger partial charge in [-0.1, -0.05) is 31.4 Å². The smallest absolute Gasteiger partial charge is 0.283 e. The molecule has 0 heterocycles. The van der Waals surface area contributed by atoms with Gasteiger partial charge in [-0.05, 0) is 26.0 Å². The lowest BCUT2D eigenvalue weighted by Crippen LogP contribution is -2.37. The van der Waals surface area contributed by atoms with Gasteiger partial charge < -0.3 is 0 Å². The summed E-state index contributed by atoms with van der Waals surface area (Å²) in [4.78, 5) is 23.5. The maximum atomic E-state index is 12.9. The predicted molar refractivity (Wildman–Crippen MR) is 79.6 cm³/mol. The summed E-state index contributed by atoms with van der Waals surface area (Å²) in [6.45, 7) is 9.95. The van der Waals surface area contributed by atoms with Crippen LogP contribution in [0.5, 0.6) is 0 Å². The van der Waals surface area contributed by atoms with E-state index >= 15 is 0 Å². The van der Waals surface area contributed by atoms with Crippen LogP contribution >= 0.6 is 7.44 Å². The summed E-state index contributed by atoms with van der Waals surface area (Å²) < 4.78 is 12.9. The van der Waals surface area contributed by atoms with Crippen molar-refractivity contribution in [3.05, 3.63) is 54.6 Å². The number of nitrogens with one attached hydrogen (secondary N) is 2. The van der Waals surface area contributed by atoms with Crippen LogP contribution in [0.1, 0.15) is 13.8 Å². The third-order valence-electron chi connectivity index (χ3n) is 2.41. The highest BCUT2D eigenvalue weighted by Crippen LogP contribution is 2.35. The molecule has 0 bridgehead atoms. The summed E-state index contributed by atoms with van der Waals surface area (Å²) in [5.74, 6) is -1.17. The number of hydrogen-bond donors (Lipinski definition) is 2. The lowest BCUT2D eigenvalue weighted by Gasteiger charge is -2.21. The zero-order valence-electron chi connectivity index (χ0n) is 11.5. The van der Waals surface area contributed by atoms with E-state index < -0.39 is 19.3 Å². The quantitative estimate of drug-likeness (QED) is 0.643. The highest BCUT2D eigenvalue weighted by molar-refractivity contribution is 7.69. The third-order valence-corrected chi connectivity index (χ3v) is 4.47. The zero-order valence-corrected chi connectivity index (χ0v) is 12.4. The first-order valence-corrected chi connectivity index (χ1v) is 7.59. The molecule has 0 aliphatic heterocycles. The van der Waals surface area contributed by atoms with Crippen LogP contribution < -0.4 is 15.5 Å². The van der Waals surface area contributed by atoms with Crippen LogP contribution in [0.4, 0.5) is 0 Å². The molecule has 0 aliphatic carbocycles. The van der Waals surface area contributed by atoms with E-state index in [-0.39, 0.29) is 11.1 Å². The van der Waals surface area contributed by atoms with Crippen LogP contribution in [-0.2, 0) is 14.2 Å². The summed E-state index contributed by atoms with van der Waals surface area (Å²) >= 11 is 0. The molecule has 0 spiro atoms. The van der Waals surface area contributed by atoms with Crippen LogP contribution in [0.2, 0.25) is 0 Å². The first-order chi connectivity index (χ1) is 9.26. The topological polar surface area (TPSA) is 75.3 Å². The molecular weight excluding hydrogens is 275 g/mol. The third kappa shape index (κ3) is 3.93. The van der Waals surface area contributed by atoms with Crippen LogP contribution in [0, 0.1) is 0 Å². The molecule has 0 saturated carbocycles. The average molecular weight is 292 g/mol. The van der Waals surface area contributed by atoms with Gasteiger partial charge >= 0.3 is 0 Å². The molecule has 2 N–H and O–H groups in total. The van der Waals surface area contributed by atoms with Crippen molar-refractivity contribution >= 4 is 24.6 Å². The van der Waals surface area contributed by atoms with E-state index in [2.05, 4.69) is 23.3 Å². The number of carbonyl (C=O) groups is 2. The second-order valence-corrected chi connectivity index (χ2v) is 6.57. The van der Waals surface area contributed by atoms with Crippen molar-refractivity contribution in [2.24, 2.45) is 0 Å². The highest BCUT2D eigenvalue weighted by Gasteiger charge is 2.29. The first kappa shape index (κ1) is 15.9. The Hall–Kier alpha value is -2.13. The second kappa shape index (κ2) is 6.35. The largest absolute Gasteiger partial charge is 0.292 e. The number of carbonyl (C=O) groups excluding carboxylic acids is 2. The molecule has 0 saturated heterocycles. The molecule has 5 nitrogen and oxygen atoms in total. The fourth-order valence-corrected chi connectivity index (χ4v) is 3.13. The Morgan fingerprint density at radius 1 is 0.950 bits per heavy atom. The summed E-state index contributed by atoms with van der Waals surface area (Å²) in [5, 5.41) is 5.00. The molecule has 0 fully saturated rings. The first-order valence-electron chi connectivity index (χ1n) is 5.88. The van der Waals surface area contributed by atoms with E-state index in [0.29, 0.717) is 5.30 Å². The summed E-state index contributed by atoms with van der Waals surface area (Å²) in [5.41, 5.74) is 0.400. The van der Waals surface area contributed by atoms with Crippen LogP contribution in [0.25, 0.3) is 0 Å². The van der Waals surface area contributed by atoms with Crippen molar-refractivity contribution in [2.75, 3.05) is 0 Å². The van der Waals surface area contributed by atoms with Crippen LogP contribution in [-0.4, -0.2) is 11.8 Å². The second-order valence-electron chi connectivity index (χ2n) is 4.39. The number of rotatable bonds is 5. The minimum atomic E-state index is -3.61. The van der Waals surface area contributed by atoms with Gasteiger partial charge in [-0.3, -0.25) is 24.3 Å². The van der Waals surface area contributed by atoms with E-state index in [4.69, 9.17) is 0 Å². The molecule has 1 rings (SSSR count). The summed E-state index contributed by atoms with van der Waals surface area (Å²) in [6, 6.07) is 8.22. The highest BCUT2D eigenvalue weighted by atomic mass is 31.2. The number of hydrogen-bond acceptors (Lipinski definition) is 3. The van der Waals surface area contributed by atoms with E-state index in [0.717, 1.165) is 0 Å². The molecule has 20 heavy (non-hydrogen) atoms. The average Bonchev–Trinajstić information content (AvgIpc) is 2.39. The Labute approximate surface area is 118 Å². The predicted octanol–water partition coefficient (Wildman–Crippen LogP) is 1.89. The molecule has 0 atom stereocenters. The lowest BCUT2D eigenvalue weighted by molar-refractivity contribution is -0.115. The van der Waals surface area contributed by atoms with E-state index in [1.807, 2.05) is 0 Å². The zero-order chi connectivity index (χ0) is 15.3. The monoisotopic (exact) mass is 292 g/mol. The molecule has 6 heteroatoms. The molecule has 0 aliphatic rings. The standard InChI is InChI=1S/C14H17N2O3P/c1-10(2)13(17)15-20(19,16-14(18)11(3)4)12-8-6-5-7-9-12/h5-9H,1,3H2,2,4H3,(H2,15,16,17,18,19). The van der Waals surface area contributed by atoms with Gasteiger partial charge in [0.05, 0.1) is 5.30 Å². The Morgan fingerprint density at radius 3 is 1.70 bits per heavy atom. The molecule has 106 valence electrons. The van der Waals surface area contributed by atoms with Crippen molar-refractivity contribution in [1.29, 1.82) is 0 Å². The van der Waals surface area contributed by atoms with Crippen LogP contribution in [0.15, 0.2) is 54.6 Å². The normalized spacial score (nSPS) is 10.5. The summed E-state index contributed by atoms with van der Waals surface area (Å²) in [7, 11) is -3.61. The van der Waals surface area contributed by atoms with Crippen molar-refractivity contribution in [1.82, 2.24) is 10.2 Å². The fraction of sp³-hybridized carbons (Fsp3) is 0.143. The fourth-order valence-electron chi connectivity index (χ4n) is 1.27. The Kier molecular flexibility index (Phi) is 5.06. The van der Waals surface area contributed by atoms with Gasteiger partial charge in [0.1, 0.15) is 0 Å². The van der Waals surface area contributed by atoms with Gasteiger partial charge in [0.15, 0.2) is 0 Å². The number of benzene rings is 1. The van der Waals surface area contributed by atoms with Gasteiger partial charge in [-0.2, -0.15) is 0 Å². The van der Waals surface area contributed by atoms with Crippen molar-refractivity contribution in [3.8, 4) is 0 Å². The molecule has 0 unspecified atom stereocenters. The molecule has 0 radical (unpaired) electrons. The van der Waals surface area contributed by atoms with E-state index in [1.165, 1.54) is 13.8 Å². The van der Waals surface area contributed by atoms with Crippen molar-refractivity contribution in [2.45, 2.75) is 13.8 Å². The SMILES string of the molecule is C=C(C)C(=O)NP(=O)(NC(=O)C(=C)C)c1ccccc1. The van der Waals surface area contributed by atoms with E-state index in [9.17, 15) is 14.2 Å². The van der Waals surface area contributed by atoms with Crippen molar-refractivity contribution < 1.29 is 14.2 Å². The summed E-state index contributed by atoms with van der Waals surface area (Å²) in [6.07, 6.45) is 0. The van der Waals surface area contributed by atoms with Gasteiger partial charge in [0.25, 0.3) is 19.3 Å². The van der Waals surface area contributed by atoms with E-state index in [1.54, 1.807) is 30.3 Å². The molecule has 2 amide bonds. The Balaban J connectivity index is 3.16. The number of amides is 2. The Morgan fingerprint density at radius 2 is 1.35 bits per heavy atom. The van der Waals surface area contributed by atoms with Gasteiger partial charge in [0.2, 0.25) is 0 Å². The Bertz CT molecular complexity index is 576. The van der Waals surface area contributed by atoms with Gasteiger partial charge in [-0.15, -0.1) is 0 Å². The van der Waals surface area contributed by atoms with Gasteiger partial charge in [0, 0.05) is 11.1 Å². The molecular formula is C14H17N2O3P. The minimum Gasteiger partial charge on any atom is -0.283 e. The molecule has 1 aromatic carbocycles. The molecule has 0 aromatic heterocycles. The maximum absolute atomic E-state index is 12.9. The van der Waals surface area contributed by atoms with Crippen LogP contribution in [0.3, 0.4) is 0 Å². The van der Waals surface area contributed by atoms with Crippen molar-refractivity contribution in [3.63, 3.8) is 0 Å². The van der Waals surface area contributed by atoms with Gasteiger partial charge in [-0.25, -0.2) is 0 Å². The minimum absolute atomic E-state index is 0.200. The maximum Gasteiger partial charge on any atom is 0.292 e.